The molecule has 0 amide bonds. The number of carbonyl (C=O) groups is 2. The molecule has 2 aromatic rings. The molecule has 29 heavy (non-hydrogen) atoms. The van der Waals surface area contributed by atoms with E-state index in [9.17, 15) is 9.59 Å². The van der Waals surface area contributed by atoms with Crippen LogP contribution < -0.4 is 10.1 Å². The van der Waals surface area contributed by atoms with Gasteiger partial charge in [-0.05, 0) is 76.1 Å². The molecular weight excluding hydrogens is 370 g/mol. The largest absolute Gasteiger partial charge is 0.494 e. The van der Waals surface area contributed by atoms with Crippen LogP contribution in [0.2, 0.25) is 0 Å². The summed E-state index contributed by atoms with van der Waals surface area (Å²) < 4.78 is 5.52. The first-order chi connectivity index (χ1) is 13.6. The smallest absolute Gasteiger partial charge is 0.335 e. The van der Waals surface area contributed by atoms with Gasteiger partial charge in [0.2, 0.25) is 0 Å². The number of carboxylic acid groups (broad SMARTS) is 2. The molecule has 0 radical (unpaired) electrons. The molecule has 1 heterocycles. The number of allylic oxidation sites excluding steroid dienone is 1. The summed E-state index contributed by atoms with van der Waals surface area (Å²) in [7, 11) is 0. The minimum absolute atomic E-state index is 0.0277. The van der Waals surface area contributed by atoms with Crippen LogP contribution in [0.15, 0.2) is 42.5 Å². The molecule has 154 valence electrons. The summed E-state index contributed by atoms with van der Waals surface area (Å²) in [6.07, 6.45) is 2.26. The maximum absolute atomic E-state index is 10.6. The van der Waals surface area contributed by atoms with Crippen LogP contribution in [0.1, 0.15) is 59.5 Å². The maximum Gasteiger partial charge on any atom is 0.335 e. The highest BCUT2D eigenvalue weighted by Gasteiger charge is 2.22. The van der Waals surface area contributed by atoms with E-state index >= 15 is 0 Å². The third-order valence-corrected chi connectivity index (χ3v) is 4.56. The summed E-state index contributed by atoms with van der Waals surface area (Å²) in [5, 5.41) is 20.9. The lowest BCUT2D eigenvalue weighted by Gasteiger charge is -2.31. The lowest BCUT2D eigenvalue weighted by Crippen LogP contribution is -2.31. The van der Waals surface area contributed by atoms with Crippen molar-refractivity contribution in [3.63, 3.8) is 0 Å². The highest BCUT2D eigenvalue weighted by molar-refractivity contribution is 5.96. The Kier molecular flexibility index (Phi) is 6.69. The second-order valence-corrected chi connectivity index (χ2v) is 7.40. The predicted molar refractivity (Wildman–Crippen MR) is 114 cm³/mol. The number of hydrogen-bond acceptors (Lipinski definition) is 4. The van der Waals surface area contributed by atoms with Gasteiger partial charge in [-0.25, -0.2) is 9.59 Å². The summed E-state index contributed by atoms with van der Waals surface area (Å²) >= 11 is 0. The molecular formula is C23H27NO5. The van der Waals surface area contributed by atoms with E-state index in [0.29, 0.717) is 6.61 Å². The van der Waals surface area contributed by atoms with Gasteiger partial charge in [-0.15, -0.1) is 0 Å². The van der Waals surface area contributed by atoms with Gasteiger partial charge in [0.25, 0.3) is 0 Å². The first kappa shape index (κ1) is 22.0. The van der Waals surface area contributed by atoms with Crippen LogP contribution in [0.3, 0.4) is 0 Å². The van der Waals surface area contributed by atoms with E-state index in [1.54, 1.807) is 0 Å². The molecule has 1 aliphatic rings. The van der Waals surface area contributed by atoms with Crippen molar-refractivity contribution < 1.29 is 24.5 Å². The fourth-order valence-corrected chi connectivity index (χ4v) is 3.32. The first-order valence-corrected chi connectivity index (χ1v) is 9.36. The van der Waals surface area contributed by atoms with Gasteiger partial charge < -0.3 is 20.3 Å². The van der Waals surface area contributed by atoms with E-state index in [4.69, 9.17) is 14.9 Å². The summed E-state index contributed by atoms with van der Waals surface area (Å²) in [5.41, 5.74) is 4.10. The van der Waals surface area contributed by atoms with Crippen molar-refractivity contribution in [1.82, 2.24) is 0 Å². The van der Waals surface area contributed by atoms with E-state index in [1.165, 1.54) is 41.9 Å². The number of ether oxygens (including phenoxy) is 1. The monoisotopic (exact) mass is 397 g/mol. The van der Waals surface area contributed by atoms with E-state index in [-0.39, 0.29) is 22.2 Å². The molecule has 6 heteroatoms. The summed E-state index contributed by atoms with van der Waals surface area (Å²) in [5.74, 6) is -1.28. The summed E-state index contributed by atoms with van der Waals surface area (Å²) in [6.45, 7) is 10.7. The molecule has 0 bridgehead atoms. The molecule has 3 N–H and O–H groups in total. The van der Waals surface area contributed by atoms with Crippen LogP contribution in [0.25, 0.3) is 5.57 Å². The van der Waals surface area contributed by atoms with Gasteiger partial charge in [0.15, 0.2) is 0 Å². The van der Waals surface area contributed by atoms with Crippen molar-refractivity contribution in [2.24, 2.45) is 0 Å². The number of aromatic carboxylic acids is 2. The minimum Gasteiger partial charge on any atom is -0.494 e. The molecule has 0 aromatic heterocycles. The van der Waals surface area contributed by atoms with Crippen LogP contribution in [0.4, 0.5) is 5.69 Å². The fourth-order valence-electron chi connectivity index (χ4n) is 3.32. The van der Waals surface area contributed by atoms with Crippen molar-refractivity contribution in [3.05, 3.63) is 64.7 Å². The minimum atomic E-state index is -1.11. The molecule has 1 aliphatic heterocycles. The Balaban J connectivity index is 0.000000212. The van der Waals surface area contributed by atoms with E-state index in [0.717, 1.165) is 5.75 Å². The van der Waals surface area contributed by atoms with Gasteiger partial charge >= 0.3 is 11.9 Å². The van der Waals surface area contributed by atoms with Crippen LogP contribution >= 0.6 is 0 Å². The van der Waals surface area contributed by atoms with Crippen molar-refractivity contribution in [2.75, 3.05) is 11.9 Å². The molecule has 3 rings (SSSR count). The van der Waals surface area contributed by atoms with Crippen molar-refractivity contribution in [2.45, 2.75) is 40.2 Å². The normalized spacial score (nSPS) is 13.8. The SMILES string of the molecule is CCOc1ccc2c(c1)C(C)=CC(C)(C)N2.Cc1c(C(=O)O)cccc1C(=O)O. The van der Waals surface area contributed by atoms with E-state index in [2.05, 4.69) is 44.3 Å². The predicted octanol–water partition coefficient (Wildman–Crippen LogP) is 5.08. The molecule has 0 spiro atoms. The van der Waals surface area contributed by atoms with Crippen molar-refractivity contribution in [3.8, 4) is 5.75 Å². The Labute approximate surface area is 170 Å². The van der Waals surface area contributed by atoms with Crippen LogP contribution in [0, 0.1) is 6.92 Å². The van der Waals surface area contributed by atoms with Gasteiger partial charge in [0.05, 0.1) is 23.3 Å². The van der Waals surface area contributed by atoms with Gasteiger partial charge in [-0.3, -0.25) is 0 Å². The number of anilines is 1. The summed E-state index contributed by atoms with van der Waals surface area (Å²) in [4.78, 5) is 21.2. The Morgan fingerprint density at radius 3 is 2.14 bits per heavy atom. The average molecular weight is 397 g/mol. The molecule has 0 atom stereocenters. The summed E-state index contributed by atoms with van der Waals surface area (Å²) in [6, 6.07) is 10.4. The Hall–Kier alpha value is -3.28. The molecule has 0 saturated heterocycles. The van der Waals surface area contributed by atoms with Crippen LogP contribution in [-0.2, 0) is 0 Å². The zero-order valence-electron chi connectivity index (χ0n) is 17.4. The first-order valence-electron chi connectivity index (χ1n) is 9.36. The zero-order chi connectivity index (χ0) is 21.8. The number of benzene rings is 2. The number of fused-ring (bicyclic) bond motifs is 1. The van der Waals surface area contributed by atoms with Gasteiger partial charge in [-0.1, -0.05) is 12.1 Å². The average Bonchev–Trinajstić information content (AvgIpc) is 2.62. The molecule has 6 nitrogen and oxygen atoms in total. The highest BCUT2D eigenvalue weighted by Crippen LogP contribution is 2.35. The Bertz CT molecular complexity index is 927. The Morgan fingerprint density at radius 2 is 1.62 bits per heavy atom. The highest BCUT2D eigenvalue weighted by atomic mass is 16.5. The number of nitrogens with one attached hydrogen (secondary N) is 1. The quantitative estimate of drug-likeness (QED) is 0.665. The van der Waals surface area contributed by atoms with E-state index < -0.39 is 11.9 Å². The molecule has 0 fully saturated rings. The lowest BCUT2D eigenvalue weighted by atomic mass is 9.91. The number of hydrogen-bond donors (Lipinski definition) is 3. The molecule has 0 unspecified atom stereocenters. The second kappa shape index (κ2) is 8.82. The van der Waals surface area contributed by atoms with Gasteiger partial charge in [0.1, 0.15) is 5.75 Å². The zero-order valence-corrected chi connectivity index (χ0v) is 17.4. The van der Waals surface area contributed by atoms with Crippen molar-refractivity contribution >= 4 is 23.2 Å². The topological polar surface area (TPSA) is 95.9 Å². The lowest BCUT2D eigenvalue weighted by molar-refractivity contribution is 0.0696. The number of rotatable bonds is 4. The number of carboxylic acids is 2. The maximum atomic E-state index is 10.6. The third-order valence-electron chi connectivity index (χ3n) is 4.56. The van der Waals surface area contributed by atoms with Crippen LogP contribution in [0.5, 0.6) is 5.75 Å². The van der Waals surface area contributed by atoms with Crippen LogP contribution in [-0.4, -0.2) is 34.3 Å². The molecule has 2 aromatic carbocycles. The van der Waals surface area contributed by atoms with Gasteiger partial charge in [0, 0.05) is 11.3 Å². The third kappa shape index (κ3) is 5.38. The van der Waals surface area contributed by atoms with Crippen molar-refractivity contribution in [1.29, 1.82) is 0 Å². The molecule has 0 aliphatic carbocycles. The Morgan fingerprint density at radius 1 is 1.03 bits per heavy atom. The molecule has 0 saturated carbocycles. The second-order valence-electron chi connectivity index (χ2n) is 7.40. The van der Waals surface area contributed by atoms with Gasteiger partial charge in [-0.2, -0.15) is 0 Å². The van der Waals surface area contributed by atoms with E-state index in [1.807, 2.05) is 13.0 Å². The standard InChI is InChI=1S/C14H19NO.C9H8O4/c1-5-16-11-6-7-13-12(8-11)10(2)9-14(3,4)15-13;1-5-6(8(10)11)3-2-4-7(5)9(12)13/h6-9,15H,5H2,1-4H3;2-4H,1H3,(H,10,11)(H,12,13). The fraction of sp³-hybridized carbons (Fsp3) is 0.304.